The maximum Gasteiger partial charge on any atom is 0.222 e. The molecule has 0 bridgehead atoms. The van der Waals surface area contributed by atoms with E-state index in [1.165, 1.54) is 18.4 Å². The molecule has 0 aliphatic carbocycles. The first-order valence-electron chi connectivity index (χ1n) is 12.6. The molecule has 1 aromatic carbocycles. The SMILES string of the molecule is CCCCNCc1ccc(Cn2cc3nc(N)nc(N(CCO)CCCC)c3n2)c2ncccc12. The summed E-state index contributed by atoms with van der Waals surface area (Å²) in [5.41, 5.74) is 10.7. The standard InChI is InChI=1S/C26H36N8O/c1-3-5-11-28-16-19-9-10-20(23-21(19)8-7-12-29-23)17-34-18-22-24(32-34)25(31-26(27)30-22)33(14-15-35)13-6-4-2/h7-10,12,18,28,35H,3-6,11,13-17H2,1-2H3,(H2,27,30). The highest BCUT2D eigenvalue weighted by molar-refractivity contribution is 5.87. The molecule has 0 saturated heterocycles. The number of unbranched alkanes of at least 4 members (excludes halogenated alkanes) is 2. The molecule has 9 heteroatoms. The van der Waals surface area contributed by atoms with E-state index in [-0.39, 0.29) is 12.6 Å². The Morgan fingerprint density at radius 3 is 2.66 bits per heavy atom. The summed E-state index contributed by atoms with van der Waals surface area (Å²) in [6.45, 7) is 8.02. The van der Waals surface area contributed by atoms with Crippen LogP contribution in [0.5, 0.6) is 0 Å². The van der Waals surface area contributed by atoms with Crippen LogP contribution in [0.1, 0.15) is 50.7 Å². The molecule has 0 unspecified atom stereocenters. The maximum absolute atomic E-state index is 9.59. The van der Waals surface area contributed by atoms with Crippen LogP contribution in [0.3, 0.4) is 0 Å². The van der Waals surface area contributed by atoms with E-state index < -0.39 is 0 Å². The highest BCUT2D eigenvalue weighted by Crippen LogP contribution is 2.26. The number of anilines is 2. The van der Waals surface area contributed by atoms with Crippen LogP contribution in [0, 0.1) is 0 Å². The zero-order chi connectivity index (χ0) is 24.6. The number of aliphatic hydroxyl groups is 1. The fourth-order valence-electron chi connectivity index (χ4n) is 4.33. The minimum absolute atomic E-state index is 0.0349. The molecule has 4 rings (SSSR count). The lowest BCUT2D eigenvalue weighted by atomic mass is 10.0. The van der Waals surface area contributed by atoms with Gasteiger partial charge in [0.15, 0.2) is 11.3 Å². The number of aromatic nitrogens is 5. The molecule has 0 spiro atoms. The van der Waals surface area contributed by atoms with E-state index in [4.69, 9.17) is 15.8 Å². The number of hydrogen-bond acceptors (Lipinski definition) is 8. The second-order valence-corrected chi connectivity index (χ2v) is 8.84. The Labute approximate surface area is 206 Å². The molecule has 35 heavy (non-hydrogen) atoms. The van der Waals surface area contributed by atoms with Crippen molar-refractivity contribution >= 4 is 33.7 Å². The molecule has 0 amide bonds. The van der Waals surface area contributed by atoms with Gasteiger partial charge in [-0.15, -0.1) is 0 Å². The summed E-state index contributed by atoms with van der Waals surface area (Å²) < 4.78 is 1.88. The molecule has 0 atom stereocenters. The Hall–Kier alpha value is -3.30. The van der Waals surface area contributed by atoms with Gasteiger partial charge in [-0.05, 0) is 36.6 Å². The summed E-state index contributed by atoms with van der Waals surface area (Å²) >= 11 is 0. The van der Waals surface area contributed by atoms with Crippen LogP contribution in [0.2, 0.25) is 0 Å². The molecule has 9 nitrogen and oxygen atoms in total. The van der Waals surface area contributed by atoms with Crippen molar-refractivity contribution in [3.63, 3.8) is 0 Å². The lowest BCUT2D eigenvalue weighted by Gasteiger charge is -2.22. The molecule has 3 heterocycles. The van der Waals surface area contributed by atoms with Crippen LogP contribution in [0.25, 0.3) is 21.9 Å². The summed E-state index contributed by atoms with van der Waals surface area (Å²) in [5, 5.41) is 19.1. The monoisotopic (exact) mass is 476 g/mol. The van der Waals surface area contributed by atoms with Gasteiger partial charge in [0, 0.05) is 31.2 Å². The van der Waals surface area contributed by atoms with Gasteiger partial charge in [0.25, 0.3) is 0 Å². The number of nitrogens with zero attached hydrogens (tertiary/aromatic N) is 6. The van der Waals surface area contributed by atoms with Gasteiger partial charge in [-0.25, -0.2) is 4.98 Å². The number of hydrogen-bond donors (Lipinski definition) is 3. The quantitative estimate of drug-likeness (QED) is 0.251. The van der Waals surface area contributed by atoms with E-state index >= 15 is 0 Å². The third kappa shape index (κ3) is 5.86. The number of nitrogens with one attached hydrogen (secondary N) is 1. The lowest BCUT2D eigenvalue weighted by molar-refractivity contribution is 0.301. The van der Waals surface area contributed by atoms with Crippen LogP contribution < -0.4 is 16.0 Å². The molecule has 4 N–H and O–H groups in total. The minimum Gasteiger partial charge on any atom is -0.395 e. The van der Waals surface area contributed by atoms with Crippen molar-refractivity contribution in [1.29, 1.82) is 0 Å². The topological polar surface area (TPSA) is 118 Å². The fraction of sp³-hybridized carbons (Fsp3) is 0.462. The van der Waals surface area contributed by atoms with Crippen molar-refractivity contribution < 1.29 is 5.11 Å². The van der Waals surface area contributed by atoms with Gasteiger partial charge in [-0.3, -0.25) is 9.67 Å². The van der Waals surface area contributed by atoms with Crippen LogP contribution >= 0.6 is 0 Å². The Morgan fingerprint density at radius 1 is 1.03 bits per heavy atom. The number of rotatable bonds is 13. The first-order valence-corrected chi connectivity index (χ1v) is 12.6. The summed E-state index contributed by atoms with van der Waals surface area (Å²) in [6, 6.07) is 8.44. The predicted octanol–water partition coefficient (Wildman–Crippen LogP) is 3.49. The number of nitrogen functional groups attached to an aromatic ring is 1. The van der Waals surface area contributed by atoms with Crippen molar-refractivity contribution in [1.82, 2.24) is 30.0 Å². The Balaban J connectivity index is 1.65. The van der Waals surface area contributed by atoms with Crippen LogP contribution in [0.4, 0.5) is 11.8 Å². The highest BCUT2D eigenvalue weighted by atomic mass is 16.3. The van der Waals surface area contributed by atoms with Gasteiger partial charge in [-0.1, -0.05) is 44.9 Å². The lowest BCUT2D eigenvalue weighted by Crippen LogP contribution is -2.29. The minimum atomic E-state index is 0.0349. The molecule has 0 saturated carbocycles. The van der Waals surface area contributed by atoms with Crippen LogP contribution in [-0.2, 0) is 13.1 Å². The van der Waals surface area contributed by atoms with Crippen molar-refractivity contribution in [2.45, 2.75) is 52.6 Å². The summed E-state index contributed by atoms with van der Waals surface area (Å²) in [5.74, 6) is 0.878. The molecular formula is C26H36N8O. The first-order chi connectivity index (χ1) is 17.1. The second kappa shape index (κ2) is 11.9. The number of aliphatic hydroxyl groups excluding tert-OH is 1. The van der Waals surface area contributed by atoms with Crippen LogP contribution in [-0.4, -0.2) is 56.1 Å². The average molecular weight is 477 g/mol. The van der Waals surface area contributed by atoms with Gasteiger partial charge < -0.3 is 21.1 Å². The van der Waals surface area contributed by atoms with Crippen molar-refractivity contribution in [2.24, 2.45) is 0 Å². The number of benzene rings is 1. The Bertz CT molecular complexity index is 1260. The van der Waals surface area contributed by atoms with Crippen LogP contribution in [0.15, 0.2) is 36.7 Å². The summed E-state index contributed by atoms with van der Waals surface area (Å²) in [7, 11) is 0. The first kappa shape index (κ1) is 24.8. The normalized spacial score (nSPS) is 11.5. The van der Waals surface area contributed by atoms with Gasteiger partial charge in [0.05, 0.1) is 24.9 Å². The van der Waals surface area contributed by atoms with Gasteiger partial charge >= 0.3 is 0 Å². The number of nitrogens with two attached hydrogens (primary N) is 1. The van der Waals surface area contributed by atoms with E-state index in [1.807, 2.05) is 28.0 Å². The van der Waals surface area contributed by atoms with E-state index in [9.17, 15) is 5.11 Å². The summed E-state index contributed by atoms with van der Waals surface area (Å²) in [4.78, 5) is 15.6. The smallest absolute Gasteiger partial charge is 0.222 e. The molecule has 4 aromatic rings. The van der Waals surface area contributed by atoms with Gasteiger partial charge in [-0.2, -0.15) is 10.1 Å². The molecule has 3 aromatic heterocycles. The zero-order valence-electron chi connectivity index (χ0n) is 20.7. The van der Waals surface area contributed by atoms with Crippen molar-refractivity contribution in [3.8, 4) is 0 Å². The van der Waals surface area contributed by atoms with E-state index in [2.05, 4.69) is 47.3 Å². The molecule has 0 fully saturated rings. The fourth-order valence-corrected chi connectivity index (χ4v) is 4.33. The molecule has 0 aliphatic rings. The molecule has 0 radical (unpaired) electrons. The summed E-state index contributed by atoms with van der Waals surface area (Å²) in [6.07, 6.45) is 8.13. The molecular weight excluding hydrogens is 440 g/mol. The predicted molar refractivity (Wildman–Crippen MR) is 141 cm³/mol. The third-order valence-electron chi connectivity index (χ3n) is 6.16. The van der Waals surface area contributed by atoms with E-state index in [0.29, 0.717) is 29.9 Å². The van der Waals surface area contributed by atoms with Gasteiger partial charge in [0.2, 0.25) is 5.95 Å². The third-order valence-corrected chi connectivity index (χ3v) is 6.16. The Kier molecular flexibility index (Phi) is 8.44. The number of fused-ring (bicyclic) bond motifs is 2. The zero-order valence-corrected chi connectivity index (χ0v) is 20.7. The Morgan fingerprint density at radius 2 is 1.86 bits per heavy atom. The van der Waals surface area contributed by atoms with E-state index in [0.717, 1.165) is 48.9 Å². The van der Waals surface area contributed by atoms with Crippen molar-refractivity contribution in [2.75, 3.05) is 36.9 Å². The average Bonchev–Trinajstić information content (AvgIpc) is 3.27. The van der Waals surface area contributed by atoms with Crippen molar-refractivity contribution in [3.05, 3.63) is 47.8 Å². The van der Waals surface area contributed by atoms with E-state index in [1.54, 1.807) is 0 Å². The maximum atomic E-state index is 9.59. The van der Waals surface area contributed by atoms with Gasteiger partial charge in [0.1, 0.15) is 5.52 Å². The molecule has 186 valence electrons. The second-order valence-electron chi connectivity index (χ2n) is 8.84. The largest absolute Gasteiger partial charge is 0.395 e. The number of pyridine rings is 1. The molecule has 0 aliphatic heterocycles. The highest BCUT2D eigenvalue weighted by Gasteiger charge is 2.17.